The van der Waals surface area contributed by atoms with Crippen LogP contribution in [0.15, 0.2) is 54.9 Å². The standard InChI is InChI=1S/C20H16F3N3.C2H6O2/c21-15-4-6-18(25-14-2-3-14)20(19(15)23)26-17-5-1-13(11-16(17)22)12-7-9-24-10-8-12;3-1-2-4/h1,4-11,14,25-26H,2-3H2;3-4H,1-2H2. The van der Waals surface area contributed by atoms with E-state index in [0.717, 1.165) is 24.5 Å². The van der Waals surface area contributed by atoms with Gasteiger partial charge in [-0.25, -0.2) is 13.2 Å². The smallest absolute Gasteiger partial charge is 0.184 e. The van der Waals surface area contributed by atoms with Crippen molar-refractivity contribution in [2.24, 2.45) is 0 Å². The van der Waals surface area contributed by atoms with Crippen LogP contribution in [0.1, 0.15) is 12.8 Å². The summed E-state index contributed by atoms with van der Waals surface area (Å²) in [4.78, 5) is 3.93. The molecule has 1 aliphatic carbocycles. The summed E-state index contributed by atoms with van der Waals surface area (Å²) in [5, 5.41) is 21.1. The van der Waals surface area contributed by atoms with Crippen LogP contribution in [0.25, 0.3) is 11.1 Å². The molecule has 1 heterocycles. The summed E-state index contributed by atoms with van der Waals surface area (Å²) >= 11 is 0. The van der Waals surface area contributed by atoms with E-state index in [-0.39, 0.29) is 30.6 Å². The van der Waals surface area contributed by atoms with Gasteiger partial charge in [-0.2, -0.15) is 0 Å². The van der Waals surface area contributed by atoms with Crippen molar-refractivity contribution in [3.63, 3.8) is 0 Å². The first-order valence-electron chi connectivity index (χ1n) is 9.46. The molecule has 0 unspecified atom stereocenters. The number of hydrogen-bond donors (Lipinski definition) is 4. The molecule has 0 radical (unpaired) electrons. The maximum atomic E-state index is 14.5. The van der Waals surface area contributed by atoms with E-state index in [1.807, 2.05) is 0 Å². The molecule has 0 bridgehead atoms. The Hall–Kier alpha value is -3.10. The molecule has 1 aromatic heterocycles. The van der Waals surface area contributed by atoms with E-state index in [9.17, 15) is 13.2 Å². The fourth-order valence-corrected chi connectivity index (χ4v) is 2.72. The van der Waals surface area contributed by atoms with Gasteiger partial charge < -0.3 is 20.8 Å². The SMILES string of the molecule is Fc1cc(-c2ccncc2)ccc1Nc1c(NC2CC2)ccc(F)c1F.OCCO. The molecule has 158 valence electrons. The molecule has 3 aromatic rings. The van der Waals surface area contributed by atoms with Crippen molar-refractivity contribution in [1.82, 2.24) is 4.98 Å². The minimum absolute atomic E-state index is 0.0751. The van der Waals surface area contributed by atoms with Gasteiger partial charge in [-0.05, 0) is 60.4 Å². The molecule has 5 nitrogen and oxygen atoms in total. The molecule has 0 aliphatic heterocycles. The van der Waals surface area contributed by atoms with Crippen LogP contribution < -0.4 is 10.6 Å². The lowest BCUT2D eigenvalue weighted by Crippen LogP contribution is -2.07. The molecule has 2 aromatic carbocycles. The number of nitrogens with zero attached hydrogens (tertiary/aromatic N) is 1. The Kier molecular flexibility index (Phi) is 7.26. The van der Waals surface area contributed by atoms with Crippen molar-refractivity contribution in [3.05, 3.63) is 72.3 Å². The average molecular weight is 417 g/mol. The Labute approximate surface area is 172 Å². The summed E-state index contributed by atoms with van der Waals surface area (Å²) in [6.45, 7) is -0.250. The number of aromatic nitrogens is 1. The van der Waals surface area contributed by atoms with Crippen molar-refractivity contribution >= 4 is 17.1 Å². The van der Waals surface area contributed by atoms with Crippen LogP contribution in [-0.2, 0) is 0 Å². The van der Waals surface area contributed by atoms with Gasteiger partial charge in [0.05, 0.1) is 24.6 Å². The Bertz CT molecular complexity index is 981. The van der Waals surface area contributed by atoms with Crippen LogP contribution in [0, 0.1) is 17.5 Å². The highest BCUT2D eigenvalue weighted by Gasteiger charge is 2.24. The van der Waals surface area contributed by atoms with Crippen molar-refractivity contribution in [2.75, 3.05) is 23.8 Å². The van der Waals surface area contributed by atoms with Crippen molar-refractivity contribution in [1.29, 1.82) is 0 Å². The molecule has 30 heavy (non-hydrogen) atoms. The van der Waals surface area contributed by atoms with Crippen molar-refractivity contribution in [3.8, 4) is 11.1 Å². The number of pyridine rings is 1. The topological polar surface area (TPSA) is 77.4 Å². The summed E-state index contributed by atoms with van der Waals surface area (Å²) in [5.74, 6) is -2.57. The molecule has 1 aliphatic rings. The highest BCUT2D eigenvalue weighted by molar-refractivity contribution is 5.77. The lowest BCUT2D eigenvalue weighted by atomic mass is 10.1. The number of aliphatic hydroxyl groups excluding tert-OH is 2. The second-order valence-electron chi connectivity index (χ2n) is 6.71. The molecule has 0 saturated heterocycles. The van der Waals surface area contributed by atoms with E-state index in [1.54, 1.807) is 30.6 Å². The van der Waals surface area contributed by atoms with E-state index in [2.05, 4.69) is 15.6 Å². The number of nitrogens with one attached hydrogen (secondary N) is 2. The van der Waals surface area contributed by atoms with Gasteiger partial charge in [-0.1, -0.05) is 6.07 Å². The van der Waals surface area contributed by atoms with E-state index < -0.39 is 17.5 Å². The van der Waals surface area contributed by atoms with E-state index in [0.29, 0.717) is 11.3 Å². The highest BCUT2D eigenvalue weighted by atomic mass is 19.2. The average Bonchev–Trinajstić information content (AvgIpc) is 3.59. The first-order valence-corrected chi connectivity index (χ1v) is 9.46. The van der Waals surface area contributed by atoms with Crippen LogP contribution in [0.5, 0.6) is 0 Å². The fraction of sp³-hybridized carbons (Fsp3) is 0.227. The number of rotatable bonds is 6. The number of hydrogen-bond acceptors (Lipinski definition) is 5. The quantitative estimate of drug-likeness (QED) is 0.477. The van der Waals surface area contributed by atoms with Gasteiger partial charge in [0, 0.05) is 18.4 Å². The van der Waals surface area contributed by atoms with Crippen LogP contribution in [0.4, 0.5) is 30.2 Å². The second-order valence-corrected chi connectivity index (χ2v) is 6.71. The van der Waals surface area contributed by atoms with Gasteiger partial charge in [0.15, 0.2) is 11.6 Å². The third kappa shape index (κ3) is 5.49. The summed E-state index contributed by atoms with van der Waals surface area (Å²) in [5.41, 5.74) is 1.90. The summed E-state index contributed by atoms with van der Waals surface area (Å²) in [6.07, 6.45) is 5.20. The van der Waals surface area contributed by atoms with Crippen molar-refractivity contribution in [2.45, 2.75) is 18.9 Å². The zero-order chi connectivity index (χ0) is 21.5. The minimum Gasteiger partial charge on any atom is -0.394 e. The molecular formula is C22H22F3N3O2. The van der Waals surface area contributed by atoms with Gasteiger partial charge in [0.25, 0.3) is 0 Å². The first-order chi connectivity index (χ1) is 14.5. The van der Waals surface area contributed by atoms with Crippen LogP contribution >= 0.6 is 0 Å². The predicted molar refractivity (Wildman–Crippen MR) is 110 cm³/mol. The summed E-state index contributed by atoms with van der Waals surface area (Å²) in [6, 6.07) is 10.9. The number of anilines is 3. The Balaban J connectivity index is 0.000000589. The molecule has 8 heteroatoms. The fourth-order valence-electron chi connectivity index (χ4n) is 2.72. The van der Waals surface area contributed by atoms with Crippen LogP contribution in [0.3, 0.4) is 0 Å². The van der Waals surface area contributed by atoms with Crippen LogP contribution in [0.2, 0.25) is 0 Å². The Morgan fingerprint density at radius 3 is 2.10 bits per heavy atom. The number of benzene rings is 2. The van der Waals surface area contributed by atoms with Crippen LogP contribution in [-0.4, -0.2) is 34.5 Å². The van der Waals surface area contributed by atoms with E-state index in [4.69, 9.17) is 10.2 Å². The summed E-state index contributed by atoms with van der Waals surface area (Å²) in [7, 11) is 0. The highest BCUT2D eigenvalue weighted by Crippen LogP contribution is 2.35. The van der Waals surface area contributed by atoms with Gasteiger partial charge in [-0.3, -0.25) is 4.98 Å². The lowest BCUT2D eigenvalue weighted by molar-refractivity contribution is 0.186. The number of halogens is 3. The molecule has 1 fully saturated rings. The van der Waals surface area contributed by atoms with Gasteiger partial charge in [0.2, 0.25) is 0 Å². The number of aliphatic hydroxyl groups is 2. The van der Waals surface area contributed by atoms with Gasteiger partial charge >= 0.3 is 0 Å². The summed E-state index contributed by atoms with van der Waals surface area (Å²) < 4.78 is 42.5. The zero-order valence-electron chi connectivity index (χ0n) is 16.1. The zero-order valence-corrected chi connectivity index (χ0v) is 16.1. The lowest BCUT2D eigenvalue weighted by Gasteiger charge is -2.16. The monoisotopic (exact) mass is 417 g/mol. The second kappa shape index (κ2) is 10.1. The Morgan fingerprint density at radius 2 is 1.50 bits per heavy atom. The normalized spacial score (nSPS) is 12.7. The minimum atomic E-state index is -1.03. The molecule has 0 amide bonds. The molecule has 1 saturated carbocycles. The Morgan fingerprint density at radius 1 is 0.833 bits per heavy atom. The first kappa shape index (κ1) is 21.6. The predicted octanol–water partition coefficient (Wildman–Crippen LogP) is 4.45. The molecule has 4 N–H and O–H groups in total. The molecule has 0 spiro atoms. The van der Waals surface area contributed by atoms with Crippen molar-refractivity contribution < 1.29 is 23.4 Å². The van der Waals surface area contributed by atoms with Gasteiger partial charge in [0.1, 0.15) is 11.5 Å². The maximum absolute atomic E-state index is 14.5. The third-order valence-electron chi connectivity index (χ3n) is 4.37. The largest absolute Gasteiger partial charge is 0.394 e. The molecular weight excluding hydrogens is 395 g/mol. The molecule has 0 atom stereocenters. The van der Waals surface area contributed by atoms with Gasteiger partial charge in [-0.15, -0.1) is 0 Å². The maximum Gasteiger partial charge on any atom is 0.184 e. The van der Waals surface area contributed by atoms with E-state index in [1.165, 1.54) is 18.2 Å². The third-order valence-corrected chi connectivity index (χ3v) is 4.37. The van der Waals surface area contributed by atoms with E-state index >= 15 is 0 Å². The molecule has 4 rings (SSSR count).